The Kier molecular flexibility index (Phi) is 5.23. The summed E-state index contributed by atoms with van der Waals surface area (Å²) in [5.41, 5.74) is 0.264. The third-order valence-electron chi connectivity index (χ3n) is 2.73. The normalized spacial score (nSPS) is 12.0. The Morgan fingerprint density at radius 3 is 2.32 bits per heavy atom. The average molecular weight is 274 g/mol. The highest BCUT2D eigenvalue weighted by atomic mass is 19.4. The van der Waals surface area contributed by atoms with E-state index in [9.17, 15) is 13.2 Å². The first-order chi connectivity index (χ1) is 8.71. The zero-order valence-corrected chi connectivity index (χ0v) is 11.8. The third-order valence-corrected chi connectivity index (χ3v) is 2.73. The topological polar surface area (TPSA) is 15.3 Å². The minimum Gasteiger partial charge on any atom is -0.377 e. The summed E-state index contributed by atoms with van der Waals surface area (Å²) in [5.74, 6) is 0.475. The van der Waals surface area contributed by atoms with E-state index in [-0.39, 0.29) is 5.69 Å². The maximum Gasteiger partial charge on any atom is 0.418 e. The van der Waals surface area contributed by atoms with Crippen LogP contribution in [0.5, 0.6) is 0 Å². The Morgan fingerprint density at radius 2 is 1.84 bits per heavy atom. The van der Waals surface area contributed by atoms with Crippen LogP contribution in [0.25, 0.3) is 0 Å². The second-order valence-corrected chi connectivity index (χ2v) is 5.27. The van der Waals surface area contributed by atoms with E-state index >= 15 is 0 Å². The van der Waals surface area contributed by atoms with Crippen LogP contribution in [-0.4, -0.2) is 20.6 Å². The molecule has 0 unspecified atom stereocenters. The van der Waals surface area contributed by atoms with Crippen molar-refractivity contribution in [1.82, 2.24) is 5.32 Å². The standard InChI is InChI=1S/C14H21F3N2/c1-10(2)8-18-9-11-5-6-13(19(3)4)12(7-11)14(15,16)17/h5-7,10,18H,8-9H2,1-4H3. The second kappa shape index (κ2) is 6.28. The number of halogens is 3. The Hall–Kier alpha value is -1.23. The lowest BCUT2D eigenvalue weighted by atomic mass is 10.1. The quantitative estimate of drug-likeness (QED) is 0.884. The van der Waals surface area contributed by atoms with Crippen LogP contribution < -0.4 is 10.2 Å². The van der Waals surface area contributed by atoms with Crippen molar-refractivity contribution < 1.29 is 13.2 Å². The fraction of sp³-hybridized carbons (Fsp3) is 0.571. The first-order valence-corrected chi connectivity index (χ1v) is 6.30. The minimum atomic E-state index is -4.33. The molecule has 0 radical (unpaired) electrons. The Morgan fingerprint density at radius 1 is 1.21 bits per heavy atom. The molecule has 0 aliphatic carbocycles. The summed E-state index contributed by atoms with van der Waals surface area (Å²) in [5, 5.41) is 3.15. The van der Waals surface area contributed by atoms with Crippen LogP contribution in [0.4, 0.5) is 18.9 Å². The summed E-state index contributed by atoms with van der Waals surface area (Å²) in [4.78, 5) is 1.48. The number of hydrogen-bond donors (Lipinski definition) is 1. The Balaban J connectivity index is 2.92. The van der Waals surface area contributed by atoms with Gasteiger partial charge in [-0.3, -0.25) is 0 Å². The molecule has 0 saturated carbocycles. The molecule has 2 nitrogen and oxygen atoms in total. The van der Waals surface area contributed by atoms with E-state index in [0.29, 0.717) is 18.0 Å². The number of alkyl halides is 3. The van der Waals surface area contributed by atoms with Crippen LogP contribution in [0.2, 0.25) is 0 Å². The van der Waals surface area contributed by atoms with E-state index < -0.39 is 11.7 Å². The largest absolute Gasteiger partial charge is 0.418 e. The molecule has 0 amide bonds. The highest BCUT2D eigenvalue weighted by Crippen LogP contribution is 2.36. The first kappa shape index (κ1) is 15.8. The van der Waals surface area contributed by atoms with Gasteiger partial charge in [0.2, 0.25) is 0 Å². The summed E-state index contributed by atoms with van der Waals surface area (Å²) >= 11 is 0. The molecule has 0 heterocycles. The summed E-state index contributed by atoms with van der Waals surface area (Å²) in [6.45, 7) is 5.36. The predicted octanol–water partition coefficient (Wildman–Crippen LogP) is 3.52. The third kappa shape index (κ3) is 4.74. The van der Waals surface area contributed by atoms with Gasteiger partial charge in [0.15, 0.2) is 0 Å². The summed E-state index contributed by atoms with van der Waals surface area (Å²) in [6.07, 6.45) is -4.33. The van der Waals surface area contributed by atoms with Crippen LogP contribution in [0.3, 0.4) is 0 Å². The molecular formula is C14H21F3N2. The van der Waals surface area contributed by atoms with Crippen molar-refractivity contribution in [3.63, 3.8) is 0 Å². The number of nitrogens with zero attached hydrogens (tertiary/aromatic N) is 1. The predicted molar refractivity (Wildman–Crippen MR) is 72.3 cm³/mol. The summed E-state index contributed by atoms with van der Waals surface area (Å²) in [7, 11) is 3.22. The molecule has 0 atom stereocenters. The Labute approximate surface area is 112 Å². The van der Waals surface area contributed by atoms with Gasteiger partial charge in [-0.25, -0.2) is 0 Å². The molecule has 5 heteroatoms. The number of nitrogens with one attached hydrogen (secondary N) is 1. The van der Waals surface area contributed by atoms with Gasteiger partial charge in [0.05, 0.1) is 5.56 Å². The SMILES string of the molecule is CC(C)CNCc1ccc(N(C)C)c(C(F)(F)F)c1. The number of hydrogen-bond acceptors (Lipinski definition) is 2. The van der Waals surface area contributed by atoms with Crippen molar-refractivity contribution in [2.75, 3.05) is 25.5 Å². The molecule has 108 valence electrons. The van der Waals surface area contributed by atoms with Gasteiger partial charge in [-0.15, -0.1) is 0 Å². The summed E-state index contributed by atoms with van der Waals surface area (Å²) < 4.78 is 39.0. The lowest BCUT2D eigenvalue weighted by Crippen LogP contribution is -2.20. The second-order valence-electron chi connectivity index (χ2n) is 5.27. The van der Waals surface area contributed by atoms with Gasteiger partial charge in [-0.1, -0.05) is 19.9 Å². The van der Waals surface area contributed by atoms with Crippen molar-refractivity contribution in [1.29, 1.82) is 0 Å². The zero-order valence-electron chi connectivity index (χ0n) is 11.8. The van der Waals surface area contributed by atoms with E-state index in [4.69, 9.17) is 0 Å². The maximum atomic E-state index is 13.0. The zero-order chi connectivity index (χ0) is 14.6. The molecule has 0 spiro atoms. The molecule has 1 rings (SSSR count). The van der Waals surface area contributed by atoms with Crippen LogP contribution in [0, 0.1) is 5.92 Å². The van der Waals surface area contributed by atoms with Gasteiger partial charge in [-0.05, 0) is 30.2 Å². The molecule has 0 saturated heterocycles. The molecule has 0 aromatic heterocycles. The highest BCUT2D eigenvalue weighted by Gasteiger charge is 2.34. The van der Waals surface area contributed by atoms with Crippen molar-refractivity contribution in [2.24, 2.45) is 5.92 Å². The van der Waals surface area contributed by atoms with Gasteiger partial charge in [0.25, 0.3) is 0 Å². The molecule has 1 aromatic carbocycles. The molecule has 0 aliphatic heterocycles. The number of rotatable bonds is 5. The van der Waals surface area contributed by atoms with E-state index in [1.54, 1.807) is 20.2 Å². The van der Waals surface area contributed by atoms with E-state index in [0.717, 1.165) is 6.54 Å². The number of anilines is 1. The lowest BCUT2D eigenvalue weighted by molar-refractivity contribution is -0.137. The van der Waals surface area contributed by atoms with Crippen molar-refractivity contribution >= 4 is 5.69 Å². The van der Waals surface area contributed by atoms with Crippen molar-refractivity contribution in [3.8, 4) is 0 Å². The molecular weight excluding hydrogens is 253 g/mol. The molecule has 1 aromatic rings. The highest BCUT2D eigenvalue weighted by molar-refractivity contribution is 5.55. The monoisotopic (exact) mass is 274 g/mol. The van der Waals surface area contributed by atoms with Crippen LogP contribution in [0.1, 0.15) is 25.0 Å². The van der Waals surface area contributed by atoms with Crippen LogP contribution >= 0.6 is 0 Å². The van der Waals surface area contributed by atoms with Crippen molar-refractivity contribution in [2.45, 2.75) is 26.6 Å². The molecule has 0 fully saturated rings. The van der Waals surface area contributed by atoms with Gasteiger partial charge in [0.1, 0.15) is 0 Å². The molecule has 1 N–H and O–H groups in total. The van der Waals surface area contributed by atoms with Crippen molar-refractivity contribution in [3.05, 3.63) is 29.3 Å². The van der Waals surface area contributed by atoms with E-state index in [1.165, 1.54) is 17.0 Å². The van der Waals surface area contributed by atoms with E-state index in [2.05, 4.69) is 19.2 Å². The lowest BCUT2D eigenvalue weighted by Gasteiger charge is -2.20. The van der Waals surface area contributed by atoms with Gasteiger partial charge < -0.3 is 10.2 Å². The molecule has 0 bridgehead atoms. The van der Waals surface area contributed by atoms with Gasteiger partial charge in [0, 0.05) is 26.3 Å². The summed E-state index contributed by atoms with van der Waals surface area (Å²) in [6, 6.07) is 4.48. The van der Waals surface area contributed by atoms with Gasteiger partial charge >= 0.3 is 6.18 Å². The average Bonchev–Trinajstić information content (AvgIpc) is 2.27. The van der Waals surface area contributed by atoms with Crippen LogP contribution in [0.15, 0.2) is 18.2 Å². The van der Waals surface area contributed by atoms with Crippen LogP contribution in [-0.2, 0) is 12.7 Å². The fourth-order valence-electron chi connectivity index (χ4n) is 1.82. The molecule has 0 aliphatic rings. The smallest absolute Gasteiger partial charge is 0.377 e. The fourth-order valence-corrected chi connectivity index (χ4v) is 1.82. The van der Waals surface area contributed by atoms with Gasteiger partial charge in [-0.2, -0.15) is 13.2 Å². The first-order valence-electron chi connectivity index (χ1n) is 6.30. The maximum absolute atomic E-state index is 13.0. The Bertz CT molecular complexity index is 412. The molecule has 19 heavy (non-hydrogen) atoms. The van der Waals surface area contributed by atoms with E-state index in [1.807, 2.05) is 0 Å². The number of benzene rings is 1. The minimum absolute atomic E-state index is 0.195.